The van der Waals surface area contributed by atoms with E-state index in [1.807, 2.05) is 0 Å². The largest absolute Gasteiger partial charge is 0.480 e. The highest BCUT2D eigenvalue weighted by atomic mass is 19.3. The van der Waals surface area contributed by atoms with Gasteiger partial charge in [-0.3, -0.25) is 4.79 Å². The van der Waals surface area contributed by atoms with Crippen molar-refractivity contribution in [1.82, 2.24) is 9.97 Å². The maximum absolute atomic E-state index is 12.1. The van der Waals surface area contributed by atoms with Crippen LogP contribution < -0.4 is 9.47 Å². The normalized spacial score (nSPS) is 10.2. The number of nitrogens with zero attached hydrogens (tertiary/aromatic N) is 2. The molecule has 0 spiro atoms. The van der Waals surface area contributed by atoms with E-state index < -0.39 is 17.9 Å². The number of methoxy groups -OCH3 is 2. The topological polar surface area (TPSA) is 61.3 Å². The Morgan fingerprint density at radius 3 is 2.53 bits per heavy atom. The second-order valence-corrected chi connectivity index (χ2v) is 2.44. The van der Waals surface area contributed by atoms with Gasteiger partial charge in [-0.15, -0.1) is 0 Å². The Morgan fingerprint density at radius 1 is 1.40 bits per heavy atom. The molecular formula is C8H8F2N2O3. The van der Waals surface area contributed by atoms with Crippen molar-refractivity contribution in [3.63, 3.8) is 0 Å². The summed E-state index contributed by atoms with van der Waals surface area (Å²) in [4.78, 5) is 18.1. The summed E-state index contributed by atoms with van der Waals surface area (Å²) in [6.07, 6.45) is -2.07. The minimum absolute atomic E-state index is 0.0812. The Balaban J connectivity index is 3.13. The van der Waals surface area contributed by atoms with Gasteiger partial charge < -0.3 is 9.47 Å². The van der Waals surface area contributed by atoms with Gasteiger partial charge in [-0.1, -0.05) is 0 Å². The number of aromatic nitrogens is 2. The fourth-order valence-corrected chi connectivity index (χ4v) is 0.870. The quantitative estimate of drug-likeness (QED) is 0.704. The lowest BCUT2D eigenvalue weighted by Crippen LogP contribution is -2.14. The molecule has 0 aromatic carbocycles. The van der Waals surface area contributed by atoms with Gasteiger partial charge in [0.15, 0.2) is 5.69 Å². The van der Waals surface area contributed by atoms with E-state index in [1.165, 1.54) is 14.2 Å². The average Bonchev–Trinajstić information content (AvgIpc) is 2.27. The summed E-state index contributed by atoms with van der Waals surface area (Å²) in [6, 6.07) is 0. The van der Waals surface area contributed by atoms with Crippen LogP contribution in [0.3, 0.4) is 0 Å². The first kappa shape index (κ1) is 11.3. The highest BCUT2D eigenvalue weighted by Crippen LogP contribution is 2.19. The van der Waals surface area contributed by atoms with Crippen LogP contribution >= 0.6 is 0 Å². The van der Waals surface area contributed by atoms with Gasteiger partial charge in [-0.2, -0.15) is 4.98 Å². The highest BCUT2D eigenvalue weighted by molar-refractivity contribution is 5.98. The van der Waals surface area contributed by atoms with E-state index in [1.54, 1.807) is 0 Å². The molecule has 0 radical (unpaired) electrons. The Kier molecular flexibility index (Phi) is 3.48. The van der Waals surface area contributed by atoms with Crippen LogP contribution in [-0.4, -0.2) is 36.4 Å². The summed E-state index contributed by atoms with van der Waals surface area (Å²) in [5.74, 6) is -1.63. The zero-order chi connectivity index (χ0) is 11.4. The summed E-state index contributed by atoms with van der Waals surface area (Å²) in [5.41, 5.74) is -0.506. The minimum atomic E-state index is -3.14. The van der Waals surface area contributed by atoms with Crippen molar-refractivity contribution in [3.8, 4) is 11.8 Å². The fourth-order valence-electron chi connectivity index (χ4n) is 0.870. The first-order valence-corrected chi connectivity index (χ1v) is 3.87. The molecule has 1 aromatic heterocycles. The van der Waals surface area contributed by atoms with Crippen LogP contribution in [0.15, 0.2) is 6.20 Å². The molecule has 1 aromatic rings. The van der Waals surface area contributed by atoms with Crippen LogP contribution in [0.25, 0.3) is 0 Å². The van der Waals surface area contributed by atoms with Gasteiger partial charge in [-0.25, -0.2) is 13.8 Å². The highest BCUT2D eigenvalue weighted by Gasteiger charge is 2.24. The Morgan fingerprint density at radius 2 is 2.07 bits per heavy atom. The molecule has 0 bridgehead atoms. The Bertz CT molecular complexity index is 371. The van der Waals surface area contributed by atoms with Crippen molar-refractivity contribution in [3.05, 3.63) is 11.9 Å². The molecule has 0 N–H and O–H groups in total. The number of carbonyl (C=O) groups is 1. The molecule has 82 valence electrons. The van der Waals surface area contributed by atoms with Crippen LogP contribution in [0.1, 0.15) is 10.5 Å². The lowest BCUT2D eigenvalue weighted by atomic mass is 10.3. The number of hydrogen-bond acceptors (Lipinski definition) is 5. The lowest BCUT2D eigenvalue weighted by molar-refractivity contribution is 0.0668. The molecule has 0 unspecified atom stereocenters. The molecule has 15 heavy (non-hydrogen) atoms. The summed E-state index contributed by atoms with van der Waals surface area (Å²) >= 11 is 0. The third-order valence-corrected chi connectivity index (χ3v) is 1.55. The zero-order valence-electron chi connectivity index (χ0n) is 8.03. The van der Waals surface area contributed by atoms with E-state index in [-0.39, 0.29) is 11.8 Å². The Hall–Kier alpha value is -1.79. The number of hydrogen-bond donors (Lipinski definition) is 0. The van der Waals surface area contributed by atoms with Crippen molar-refractivity contribution in [1.29, 1.82) is 0 Å². The summed E-state index contributed by atoms with van der Waals surface area (Å²) in [5, 5.41) is 0. The monoisotopic (exact) mass is 218 g/mol. The third-order valence-electron chi connectivity index (χ3n) is 1.55. The van der Waals surface area contributed by atoms with Gasteiger partial charge in [0.2, 0.25) is 11.8 Å². The predicted octanol–water partition coefficient (Wildman–Crippen LogP) is 0.942. The Labute approximate surface area is 84.1 Å². The number of ketones is 1. The van der Waals surface area contributed by atoms with Gasteiger partial charge in [0.05, 0.1) is 20.4 Å². The standard InChI is InChI=1S/C8H8F2N2O3/c1-14-4-3-11-5(6(13)7(9)10)8(12-4)15-2/h3,7H,1-2H3. The van der Waals surface area contributed by atoms with E-state index in [0.717, 1.165) is 6.20 Å². The first-order chi connectivity index (χ1) is 7.10. The molecule has 0 saturated heterocycles. The zero-order valence-corrected chi connectivity index (χ0v) is 8.03. The van der Waals surface area contributed by atoms with E-state index in [2.05, 4.69) is 14.7 Å². The van der Waals surface area contributed by atoms with Gasteiger partial charge in [0, 0.05) is 0 Å². The molecular weight excluding hydrogens is 210 g/mol. The van der Waals surface area contributed by atoms with Crippen molar-refractivity contribution in [2.75, 3.05) is 14.2 Å². The van der Waals surface area contributed by atoms with Crippen molar-refractivity contribution >= 4 is 5.78 Å². The van der Waals surface area contributed by atoms with Crippen LogP contribution in [0.4, 0.5) is 8.78 Å². The second-order valence-electron chi connectivity index (χ2n) is 2.44. The smallest absolute Gasteiger partial charge is 0.302 e. The van der Waals surface area contributed by atoms with Gasteiger partial charge in [0.25, 0.3) is 5.78 Å². The van der Waals surface area contributed by atoms with Gasteiger partial charge in [0.1, 0.15) is 0 Å². The van der Waals surface area contributed by atoms with E-state index in [9.17, 15) is 13.6 Å². The molecule has 7 heteroatoms. The molecule has 1 heterocycles. The van der Waals surface area contributed by atoms with Crippen molar-refractivity contribution in [2.24, 2.45) is 0 Å². The van der Waals surface area contributed by atoms with E-state index >= 15 is 0 Å². The molecule has 1 rings (SSSR count). The SMILES string of the molecule is COc1cnc(C(=O)C(F)F)c(OC)n1. The van der Waals surface area contributed by atoms with E-state index in [4.69, 9.17) is 4.74 Å². The number of ether oxygens (including phenoxy) is 2. The average molecular weight is 218 g/mol. The molecule has 0 fully saturated rings. The number of alkyl halides is 2. The van der Waals surface area contributed by atoms with Gasteiger partial charge in [-0.05, 0) is 0 Å². The summed E-state index contributed by atoms with van der Waals surface area (Å²) in [6.45, 7) is 0. The molecule has 0 aliphatic rings. The number of carbonyl (C=O) groups excluding carboxylic acids is 1. The predicted molar refractivity (Wildman–Crippen MR) is 45.5 cm³/mol. The third kappa shape index (κ3) is 2.36. The van der Waals surface area contributed by atoms with Gasteiger partial charge >= 0.3 is 6.43 Å². The maximum atomic E-state index is 12.1. The molecule has 5 nitrogen and oxygen atoms in total. The van der Waals surface area contributed by atoms with Crippen LogP contribution in [0.2, 0.25) is 0 Å². The molecule has 0 aliphatic carbocycles. The number of Topliss-reactive ketones (excluding diaryl/α,β-unsaturated/α-hetero) is 1. The minimum Gasteiger partial charge on any atom is -0.480 e. The van der Waals surface area contributed by atoms with Crippen LogP contribution in [0.5, 0.6) is 11.8 Å². The van der Waals surface area contributed by atoms with E-state index in [0.29, 0.717) is 0 Å². The molecule has 0 saturated carbocycles. The summed E-state index contributed by atoms with van der Waals surface area (Å²) < 4.78 is 33.6. The van der Waals surface area contributed by atoms with Crippen molar-refractivity contribution in [2.45, 2.75) is 6.43 Å². The molecule has 0 atom stereocenters. The van der Waals surface area contributed by atoms with Crippen LogP contribution in [0, 0.1) is 0 Å². The molecule has 0 amide bonds. The lowest BCUT2D eigenvalue weighted by Gasteiger charge is -2.06. The summed E-state index contributed by atoms with van der Waals surface area (Å²) in [7, 11) is 2.53. The fraction of sp³-hybridized carbons (Fsp3) is 0.375. The second kappa shape index (κ2) is 4.63. The van der Waals surface area contributed by atoms with Crippen LogP contribution in [-0.2, 0) is 0 Å². The number of halogens is 2. The number of rotatable bonds is 4. The first-order valence-electron chi connectivity index (χ1n) is 3.87. The van der Waals surface area contributed by atoms with Crippen molar-refractivity contribution < 1.29 is 23.0 Å². The molecule has 0 aliphatic heterocycles. The maximum Gasteiger partial charge on any atom is 0.302 e.